The molecule has 0 unspecified atom stereocenters. The van der Waals surface area contributed by atoms with Crippen LogP contribution in [0.4, 0.5) is 0 Å². The predicted octanol–water partition coefficient (Wildman–Crippen LogP) is 3.33. The number of benzene rings is 1. The Morgan fingerprint density at radius 2 is 1.00 bits per heavy atom. The van der Waals surface area contributed by atoms with Gasteiger partial charge in [0.05, 0.1) is 0 Å². The van der Waals surface area contributed by atoms with E-state index in [0.29, 0.717) is 0 Å². The zero-order chi connectivity index (χ0) is 9.40. The maximum atomic E-state index is 2.68. The molecule has 0 saturated carbocycles. The minimum Gasteiger partial charge on any atom is -0.107 e. The van der Waals surface area contributed by atoms with Gasteiger partial charge in [0.2, 0.25) is 0 Å². The van der Waals surface area contributed by atoms with E-state index in [-0.39, 0.29) is 0 Å². The highest BCUT2D eigenvalue weighted by Crippen LogP contribution is 1.99. The highest BCUT2D eigenvalue weighted by atomic mass is 13.9. The van der Waals surface area contributed by atoms with Crippen molar-refractivity contribution in [3.63, 3.8) is 0 Å². The molecule has 0 radical (unpaired) electrons. The standard InChI is InChI=1S/C8H10.C4H6/c1-7-3-5-8(2)6-4-7;1-3-4-2/h3-6H,1-2H3;1-2H3. The third kappa shape index (κ3) is 5.56. The molecular formula is C12H16. The molecule has 0 heteroatoms. The van der Waals surface area contributed by atoms with Crippen molar-refractivity contribution in [2.24, 2.45) is 0 Å². The van der Waals surface area contributed by atoms with Crippen LogP contribution in [0, 0.1) is 25.7 Å². The Labute approximate surface area is 75.6 Å². The van der Waals surface area contributed by atoms with Crippen LogP contribution >= 0.6 is 0 Å². The molecule has 64 valence electrons. The van der Waals surface area contributed by atoms with Crippen molar-refractivity contribution in [2.75, 3.05) is 0 Å². The minimum absolute atomic E-state index is 1.33. The molecule has 0 nitrogen and oxygen atoms in total. The molecule has 0 aliphatic rings. The molecule has 0 aliphatic carbocycles. The molecule has 0 bridgehead atoms. The fourth-order valence-corrected chi connectivity index (χ4v) is 0.637. The number of hydrogen-bond acceptors (Lipinski definition) is 0. The monoisotopic (exact) mass is 160 g/mol. The van der Waals surface area contributed by atoms with Crippen LogP contribution in [-0.2, 0) is 0 Å². The zero-order valence-corrected chi connectivity index (χ0v) is 8.31. The zero-order valence-electron chi connectivity index (χ0n) is 8.31. The summed E-state index contributed by atoms with van der Waals surface area (Å²) >= 11 is 0. The first-order valence-corrected chi connectivity index (χ1v) is 4.07. The predicted molar refractivity (Wildman–Crippen MR) is 55.0 cm³/mol. The van der Waals surface area contributed by atoms with Gasteiger partial charge in [-0.15, -0.1) is 11.8 Å². The van der Waals surface area contributed by atoms with E-state index in [1.54, 1.807) is 0 Å². The molecule has 0 saturated heterocycles. The third-order valence-corrected chi connectivity index (χ3v) is 1.47. The van der Waals surface area contributed by atoms with Gasteiger partial charge in [-0.3, -0.25) is 0 Å². The average Bonchev–Trinajstić information content (AvgIpc) is 2.11. The van der Waals surface area contributed by atoms with Crippen molar-refractivity contribution in [2.45, 2.75) is 27.7 Å². The van der Waals surface area contributed by atoms with E-state index in [9.17, 15) is 0 Å². The first kappa shape index (κ1) is 10.8. The van der Waals surface area contributed by atoms with Crippen molar-refractivity contribution >= 4 is 0 Å². The fourth-order valence-electron chi connectivity index (χ4n) is 0.637. The summed E-state index contributed by atoms with van der Waals surface area (Å²) in [6.07, 6.45) is 0. The quantitative estimate of drug-likeness (QED) is 0.511. The second-order valence-electron chi connectivity index (χ2n) is 2.65. The van der Waals surface area contributed by atoms with Crippen LogP contribution in [0.15, 0.2) is 24.3 Å². The van der Waals surface area contributed by atoms with Crippen LogP contribution in [0.25, 0.3) is 0 Å². The van der Waals surface area contributed by atoms with Crippen LogP contribution in [0.1, 0.15) is 25.0 Å². The lowest BCUT2D eigenvalue weighted by Crippen LogP contribution is -1.70. The van der Waals surface area contributed by atoms with Gasteiger partial charge in [0.15, 0.2) is 0 Å². The van der Waals surface area contributed by atoms with Gasteiger partial charge in [-0.1, -0.05) is 35.4 Å². The largest absolute Gasteiger partial charge is 0.107 e. The summed E-state index contributed by atoms with van der Waals surface area (Å²) < 4.78 is 0. The maximum Gasteiger partial charge on any atom is -0.00271 e. The second-order valence-corrected chi connectivity index (χ2v) is 2.65. The first-order chi connectivity index (χ1) is 5.70. The third-order valence-electron chi connectivity index (χ3n) is 1.47. The van der Waals surface area contributed by atoms with Gasteiger partial charge in [0.1, 0.15) is 0 Å². The van der Waals surface area contributed by atoms with Gasteiger partial charge in [-0.2, -0.15) is 0 Å². The molecular weight excluding hydrogens is 144 g/mol. The Bertz CT molecular complexity index is 229. The molecule has 0 aromatic heterocycles. The lowest BCUT2D eigenvalue weighted by Gasteiger charge is -1.90. The lowest BCUT2D eigenvalue weighted by atomic mass is 10.2. The number of aryl methyl sites for hydroxylation is 2. The summed E-state index contributed by atoms with van der Waals surface area (Å²) in [5.74, 6) is 5.36. The van der Waals surface area contributed by atoms with Crippen LogP contribution < -0.4 is 0 Å². The molecule has 0 atom stereocenters. The number of hydrogen-bond donors (Lipinski definition) is 0. The van der Waals surface area contributed by atoms with Gasteiger partial charge in [0, 0.05) is 0 Å². The van der Waals surface area contributed by atoms with Crippen molar-refractivity contribution in [1.29, 1.82) is 0 Å². The fraction of sp³-hybridized carbons (Fsp3) is 0.333. The summed E-state index contributed by atoms with van der Waals surface area (Å²) in [5.41, 5.74) is 2.66. The van der Waals surface area contributed by atoms with Crippen molar-refractivity contribution in [1.82, 2.24) is 0 Å². The van der Waals surface area contributed by atoms with Gasteiger partial charge in [0.25, 0.3) is 0 Å². The highest BCUT2D eigenvalue weighted by molar-refractivity contribution is 5.19. The summed E-state index contributed by atoms with van der Waals surface area (Å²) in [5, 5.41) is 0. The summed E-state index contributed by atoms with van der Waals surface area (Å²) in [6.45, 7) is 7.83. The molecule has 0 fully saturated rings. The topological polar surface area (TPSA) is 0 Å². The van der Waals surface area contributed by atoms with Crippen molar-refractivity contribution in [3.05, 3.63) is 35.4 Å². The molecule has 0 amide bonds. The minimum atomic E-state index is 1.33. The normalized spacial score (nSPS) is 7.33. The Kier molecular flexibility index (Phi) is 5.83. The van der Waals surface area contributed by atoms with Crippen LogP contribution in [0.2, 0.25) is 0 Å². The van der Waals surface area contributed by atoms with Crippen molar-refractivity contribution < 1.29 is 0 Å². The van der Waals surface area contributed by atoms with Crippen LogP contribution in [-0.4, -0.2) is 0 Å². The van der Waals surface area contributed by atoms with Gasteiger partial charge >= 0.3 is 0 Å². The Hall–Kier alpha value is -1.22. The summed E-state index contributed by atoms with van der Waals surface area (Å²) in [6, 6.07) is 8.48. The van der Waals surface area contributed by atoms with Gasteiger partial charge in [-0.05, 0) is 27.7 Å². The Morgan fingerprint density at radius 1 is 0.750 bits per heavy atom. The molecule has 12 heavy (non-hydrogen) atoms. The number of rotatable bonds is 0. The summed E-state index contributed by atoms with van der Waals surface area (Å²) in [4.78, 5) is 0. The smallest absolute Gasteiger partial charge is 0.00271 e. The van der Waals surface area contributed by atoms with Crippen molar-refractivity contribution in [3.8, 4) is 11.8 Å². The second kappa shape index (κ2) is 6.49. The lowest BCUT2D eigenvalue weighted by molar-refractivity contribution is 1.40. The van der Waals surface area contributed by atoms with Crippen LogP contribution in [0.3, 0.4) is 0 Å². The Morgan fingerprint density at radius 3 is 1.17 bits per heavy atom. The van der Waals surface area contributed by atoms with E-state index in [2.05, 4.69) is 50.0 Å². The molecule has 1 aromatic rings. The molecule has 0 aliphatic heterocycles. The molecule has 1 aromatic carbocycles. The SMILES string of the molecule is CC#CC.Cc1ccc(C)cc1. The van der Waals surface area contributed by atoms with E-state index < -0.39 is 0 Å². The summed E-state index contributed by atoms with van der Waals surface area (Å²) in [7, 11) is 0. The van der Waals surface area contributed by atoms with E-state index in [1.807, 2.05) is 13.8 Å². The van der Waals surface area contributed by atoms with E-state index >= 15 is 0 Å². The molecule has 1 rings (SSSR count). The van der Waals surface area contributed by atoms with Gasteiger partial charge < -0.3 is 0 Å². The van der Waals surface area contributed by atoms with E-state index in [0.717, 1.165) is 0 Å². The van der Waals surface area contributed by atoms with E-state index in [1.165, 1.54) is 11.1 Å². The Balaban J connectivity index is 0.000000261. The molecule has 0 N–H and O–H groups in total. The average molecular weight is 160 g/mol. The van der Waals surface area contributed by atoms with Crippen LogP contribution in [0.5, 0.6) is 0 Å². The maximum absolute atomic E-state index is 2.68. The van der Waals surface area contributed by atoms with Gasteiger partial charge in [-0.25, -0.2) is 0 Å². The first-order valence-electron chi connectivity index (χ1n) is 4.07. The van der Waals surface area contributed by atoms with E-state index in [4.69, 9.17) is 0 Å². The molecule has 0 spiro atoms. The molecule has 0 heterocycles. The highest BCUT2D eigenvalue weighted by Gasteiger charge is 1.79.